The second-order valence-electron chi connectivity index (χ2n) is 8.52. The molecule has 2 aromatic carbocycles. The molecule has 1 N–H and O–H groups in total. The van der Waals surface area contributed by atoms with Gasteiger partial charge in [-0.2, -0.15) is 0 Å². The molecular weight excluding hydrogens is 320 g/mol. The summed E-state index contributed by atoms with van der Waals surface area (Å²) in [5.41, 5.74) is 2.22. The summed E-state index contributed by atoms with van der Waals surface area (Å²) in [6, 6.07) is 20.0. The average Bonchev–Trinajstić information content (AvgIpc) is 2.65. The minimum absolute atomic E-state index is 0.0293. The van der Waals surface area contributed by atoms with Crippen LogP contribution in [0.1, 0.15) is 33.6 Å². The number of carbonyl (C=O) groups excluding carboxylic acids is 1. The summed E-state index contributed by atoms with van der Waals surface area (Å²) in [6.45, 7) is 7.09. The van der Waals surface area contributed by atoms with E-state index in [4.69, 9.17) is 0 Å². The maximum absolute atomic E-state index is 13.3. The Morgan fingerprint density at radius 1 is 0.962 bits per heavy atom. The number of fused-ring (bicyclic) bond motifs is 2. The van der Waals surface area contributed by atoms with Crippen LogP contribution >= 0.6 is 0 Å². The number of urea groups is 1. The second kappa shape index (κ2) is 6.46. The number of para-hydroxylation sites is 2. The molecule has 3 heteroatoms. The Kier molecular flexibility index (Phi) is 4.26. The van der Waals surface area contributed by atoms with Gasteiger partial charge in [0.25, 0.3) is 0 Å². The van der Waals surface area contributed by atoms with Crippen LogP contribution in [0, 0.1) is 23.2 Å². The molecule has 4 atom stereocenters. The third kappa shape index (κ3) is 2.80. The van der Waals surface area contributed by atoms with Gasteiger partial charge in [-0.25, -0.2) is 4.79 Å². The molecule has 0 aliphatic heterocycles. The highest BCUT2D eigenvalue weighted by atomic mass is 16.2. The summed E-state index contributed by atoms with van der Waals surface area (Å²) in [7, 11) is 0. The van der Waals surface area contributed by atoms with Gasteiger partial charge in [-0.05, 0) is 60.3 Å². The lowest BCUT2D eigenvalue weighted by Gasteiger charge is -2.62. The SMILES string of the molecule is CC1C(NC(=O)N(c2ccccc2)c2ccccc2)C[C@@H]2C[C@H]1C2(C)C. The third-order valence-corrected chi connectivity index (χ3v) is 6.89. The summed E-state index contributed by atoms with van der Waals surface area (Å²) in [6.07, 6.45) is 2.41. The number of anilines is 2. The van der Waals surface area contributed by atoms with Gasteiger partial charge in [-0.3, -0.25) is 4.90 Å². The Labute approximate surface area is 156 Å². The van der Waals surface area contributed by atoms with Crippen LogP contribution in [-0.2, 0) is 0 Å². The highest BCUT2D eigenvalue weighted by Crippen LogP contribution is 2.61. The first kappa shape index (κ1) is 17.1. The first-order valence-electron chi connectivity index (χ1n) is 9.69. The van der Waals surface area contributed by atoms with Crippen LogP contribution in [0.5, 0.6) is 0 Å². The van der Waals surface area contributed by atoms with E-state index in [0.29, 0.717) is 17.3 Å². The average molecular weight is 348 g/mol. The van der Waals surface area contributed by atoms with Crippen molar-refractivity contribution in [1.29, 1.82) is 0 Å². The van der Waals surface area contributed by atoms with Crippen molar-refractivity contribution < 1.29 is 4.79 Å². The van der Waals surface area contributed by atoms with E-state index in [1.165, 1.54) is 6.42 Å². The maximum atomic E-state index is 13.3. The fourth-order valence-electron chi connectivity index (χ4n) is 5.10. The van der Waals surface area contributed by atoms with Gasteiger partial charge in [-0.15, -0.1) is 0 Å². The number of benzene rings is 2. The second-order valence-corrected chi connectivity index (χ2v) is 8.52. The molecule has 2 amide bonds. The summed E-state index contributed by atoms with van der Waals surface area (Å²) in [4.78, 5) is 15.0. The minimum Gasteiger partial charge on any atom is -0.334 e. The van der Waals surface area contributed by atoms with Crippen molar-refractivity contribution in [3.8, 4) is 0 Å². The zero-order chi connectivity index (χ0) is 18.3. The number of amides is 2. The molecule has 3 aliphatic rings. The van der Waals surface area contributed by atoms with Crippen LogP contribution in [0.3, 0.4) is 0 Å². The van der Waals surface area contributed by atoms with E-state index in [-0.39, 0.29) is 12.1 Å². The molecule has 2 aromatic rings. The highest BCUT2D eigenvalue weighted by molar-refractivity contribution is 5.99. The molecule has 26 heavy (non-hydrogen) atoms. The van der Waals surface area contributed by atoms with Crippen LogP contribution in [0.15, 0.2) is 60.7 Å². The van der Waals surface area contributed by atoms with Gasteiger partial charge < -0.3 is 5.32 Å². The van der Waals surface area contributed by atoms with E-state index >= 15 is 0 Å². The van der Waals surface area contributed by atoms with Crippen molar-refractivity contribution in [2.24, 2.45) is 23.2 Å². The Morgan fingerprint density at radius 3 is 1.96 bits per heavy atom. The van der Waals surface area contributed by atoms with Gasteiger partial charge in [0.2, 0.25) is 0 Å². The molecule has 3 aliphatic carbocycles. The topological polar surface area (TPSA) is 32.3 Å². The predicted molar refractivity (Wildman–Crippen MR) is 107 cm³/mol. The normalized spacial score (nSPS) is 28.7. The van der Waals surface area contributed by atoms with E-state index in [1.54, 1.807) is 4.90 Å². The zero-order valence-electron chi connectivity index (χ0n) is 15.9. The number of hydrogen-bond donors (Lipinski definition) is 1. The van der Waals surface area contributed by atoms with Crippen molar-refractivity contribution in [1.82, 2.24) is 5.32 Å². The molecule has 3 fully saturated rings. The summed E-state index contributed by atoms with van der Waals surface area (Å²) < 4.78 is 0. The molecule has 0 aromatic heterocycles. The molecule has 2 unspecified atom stereocenters. The molecule has 3 nitrogen and oxygen atoms in total. The number of hydrogen-bond acceptors (Lipinski definition) is 1. The molecule has 5 rings (SSSR count). The quantitative estimate of drug-likeness (QED) is 0.769. The summed E-state index contributed by atoms with van der Waals surface area (Å²) in [5.74, 6) is 1.97. The predicted octanol–water partition coefficient (Wildman–Crippen LogP) is 5.61. The molecule has 3 saturated carbocycles. The summed E-state index contributed by atoms with van der Waals surface area (Å²) in [5, 5.41) is 3.35. The largest absolute Gasteiger partial charge is 0.334 e. The molecule has 136 valence electrons. The number of carbonyl (C=O) groups is 1. The first-order chi connectivity index (χ1) is 12.5. The van der Waals surface area contributed by atoms with Crippen LogP contribution < -0.4 is 10.2 Å². The van der Waals surface area contributed by atoms with Crippen molar-refractivity contribution in [3.63, 3.8) is 0 Å². The fraction of sp³-hybridized carbons (Fsp3) is 0.435. The van der Waals surface area contributed by atoms with E-state index in [0.717, 1.165) is 23.7 Å². The Morgan fingerprint density at radius 2 is 1.50 bits per heavy atom. The lowest BCUT2D eigenvalue weighted by atomic mass is 9.45. The van der Waals surface area contributed by atoms with Crippen molar-refractivity contribution in [3.05, 3.63) is 60.7 Å². The monoisotopic (exact) mass is 348 g/mol. The van der Waals surface area contributed by atoms with Crippen LogP contribution in [-0.4, -0.2) is 12.1 Å². The summed E-state index contributed by atoms with van der Waals surface area (Å²) >= 11 is 0. The van der Waals surface area contributed by atoms with Crippen LogP contribution in [0.25, 0.3) is 0 Å². The Balaban J connectivity index is 1.56. The van der Waals surface area contributed by atoms with Crippen molar-refractivity contribution in [2.75, 3.05) is 4.90 Å². The third-order valence-electron chi connectivity index (χ3n) is 6.89. The number of nitrogens with zero attached hydrogens (tertiary/aromatic N) is 1. The lowest BCUT2D eigenvalue weighted by Crippen LogP contribution is -2.61. The maximum Gasteiger partial charge on any atom is 0.326 e. The minimum atomic E-state index is -0.0293. The van der Waals surface area contributed by atoms with E-state index in [2.05, 4.69) is 26.1 Å². The fourth-order valence-corrected chi connectivity index (χ4v) is 5.10. The smallest absolute Gasteiger partial charge is 0.326 e. The molecule has 0 saturated heterocycles. The molecule has 2 bridgehead atoms. The van der Waals surface area contributed by atoms with Gasteiger partial charge in [-0.1, -0.05) is 57.2 Å². The van der Waals surface area contributed by atoms with Crippen LogP contribution in [0.2, 0.25) is 0 Å². The van der Waals surface area contributed by atoms with Gasteiger partial charge >= 0.3 is 6.03 Å². The highest BCUT2D eigenvalue weighted by Gasteiger charge is 2.56. The van der Waals surface area contributed by atoms with Crippen molar-refractivity contribution >= 4 is 17.4 Å². The Hall–Kier alpha value is -2.29. The number of rotatable bonds is 3. The molecular formula is C23H28N2O. The van der Waals surface area contributed by atoms with E-state index < -0.39 is 0 Å². The lowest BCUT2D eigenvalue weighted by molar-refractivity contribution is -0.112. The van der Waals surface area contributed by atoms with Gasteiger partial charge in [0, 0.05) is 6.04 Å². The van der Waals surface area contributed by atoms with Gasteiger partial charge in [0.05, 0.1) is 11.4 Å². The first-order valence-corrected chi connectivity index (χ1v) is 9.69. The Bertz CT molecular complexity index is 732. The number of nitrogens with one attached hydrogen (secondary N) is 1. The van der Waals surface area contributed by atoms with E-state index in [1.807, 2.05) is 60.7 Å². The zero-order valence-corrected chi connectivity index (χ0v) is 15.9. The van der Waals surface area contributed by atoms with Gasteiger partial charge in [0.1, 0.15) is 0 Å². The molecule has 0 spiro atoms. The van der Waals surface area contributed by atoms with Crippen molar-refractivity contribution in [2.45, 2.75) is 39.7 Å². The standard InChI is InChI=1S/C23H28N2O/c1-16-20-14-17(23(20,2)3)15-21(16)24-22(26)25(18-10-6-4-7-11-18)19-12-8-5-9-13-19/h4-13,16-17,20-21H,14-15H2,1-3H3,(H,24,26)/t16?,17-,20+,21?/m0/s1. The van der Waals surface area contributed by atoms with Gasteiger partial charge in [0.15, 0.2) is 0 Å². The van der Waals surface area contributed by atoms with Crippen LogP contribution in [0.4, 0.5) is 16.2 Å². The van der Waals surface area contributed by atoms with E-state index in [9.17, 15) is 4.79 Å². The molecule has 0 radical (unpaired) electrons. The molecule has 0 heterocycles.